The molecule has 0 saturated carbocycles. The largest absolute Gasteiger partial charge is 0.496 e. The third-order valence-corrected chi connectivity index (χ3v) is 2.20. The van der Waals surface area contributed by atoms with Crippen molar-refractivity contribution in [2.45, 2.75) is 20.0 Å². The zero-order valence-electron chi connectivity index (χ0n) is 9.00. The predicted molar refractivity (Wildman–Crippen MR) is 54.9 cm³/mol. The van der Waals surface area contributed by atoms with Gasteiger partial charge in [0.05, 0.1) is 20.3 Å². The van der Waals surface area contributed by atoms with Crippen LogP contribution in [-0.2, 0) is 0 Å². The molecule has 1 aromatic rings. The van der Waals surface area contributed by atoms with E-state index in [-0.39, 0.29) is 0 Å². The second-order valence-corrected chi connectivity index (χ2v) is 3.24. The van der Waals surface area contributed by atoms with Gasteiger partial charge in [-0.25, -0.2) is 0 Å². The fourth-order valence-electron chi connectivity index (χ4n) is 1.40. The van der Waals surface area contributed by atoms with Crippen LogP contribution in [0.2, 0.25) is 0 Å². The van der Waals surface area contributed by atoms with E-state index < -0.39 is 6.10 Å². The Balaban J connectivity index is 3.25. The van der Waals surface area contributed by atoms with Gasteiger partial charge in [0.25, 0.3) is 0 Å². The first kappa shape index (κ1) is 10.9. The minimum absolute atomic E-state index is 0.556. The van der Waals surface area contributed by atoms with Crippen LogP contribution in [0.3, 0.4) is 0 Å². The number of rotatable bonds is 3. The van der Waals surface area contributed by atoms with Gasteiger partial charge in [-0.1, -0.05) is 0 Å². The van der Waals surface area contributed by atoms with Crippen LogP contribution in [0.25, 0.3) is 0 Å². The Morgan fingerprint density at radius 1 is 1.14 bits per heavy atom. The van der Waals surface area contributed by atoms with Crippen LogP contribution in [0.1, 0.15) is 24.2 Å². The molecule has 0 aromatic heterocycles. The molecule has 3 heteroatoms. The van der Waals surface area contributed by atoms with E-state index in [1.54, 1.807) is 27.2 Å². The quantitative estimate of drug-likeness (QED) is 0.804. The summed E-state index contributed by atoms with van der Waals surface area (Å²) in [5.74, 6) is 1.46. The Labute approximate surface area is 84.3 Å². The van der Waals surface area contributed by atoms with Crippen molar-refractivity contribution in [1.82, 2.24) is 0 Å². The zero-order chi connectivity index (χ0) is 10.7. The normalized spacial score (nSPS) is 12.4. The lowest BCUT2D eigenvalue weighted by Gasteiger charge is -2.14. The molecule has 78 valence electrons. The Kier molecular flexibility index (Phi) is 3.36. The smallest absolute Gasteiger partial charge is 0.125 e. The molecule has 0 radical (unpaired) electrons. The fraction of sp³-hybridized carbons (Fsp3) is 0.455. The number of benzene rings is 1. The number of aliphatic hydroxyl groups is 1. The second kappa shape index (κ2) is 4.33. The van der Waals surface area contributed by atoms with Crippen molar-refractivity contribution in [3.05, 3.63) is 23.3 Å². The molecule has 0 amide bonds. The summed E-state index contributed by atoms with van der Waals surface area (Å²) in [5.41, 5.74) is 1.74. The van der Waals surface area contributed by atoms with Gasteiger partial charge in [-0.15, -0.1) is 0 Å². The van der Waals surface area contributed by atoms with Crippen molar-refractivity contribution in [2.24, 2.45) is 0 Å². The summed E-state index contributed by atoms with van der Waals surface area (Å²) in [4.78, 5) is 0. The van der Waals surface area contributed by atoms with Crippen LogP contribution in [-0.4, -0.2) is 19.3 Å². The van der Waals surface area contributed by atoms with Gasteiger partial charge in [-0.2, -0.15) is 0 Å². The Bertz CT molecular complexity index is 319. The van der Waals surface area contributed by atoms with Gasteiger partial charge in [0.2, 0.25) is 0 Å². The second-order valence-electron chi connectivity index (χ2n) is 3.24. The molecular formula is C11H16O3. The van der Waals surface area contributed by atoms with Crippen LogP contribution in [0.5, 0.6) is 11.5 Å². The summed E-state index contributed by atoms with van der Waals surface area (Å²) in [6.07, 6.45) is -0.556. The maximum absolute atomic E-state index is 9.51. The Morgan fingerprint density at radius 3 is 2.14 bits per heavy atom. The zero-order valence-corrected chi connectivity index (χ0v) is 9.00. The van der Waals surface area contributed by atoms with Gasteiger partial charge >= 0.3 is 0 Å². The van der Waals surface area contributed by atoms with E-state index in [1.165, 1.54) is 0 Å². The van der Waals surface area contributed by atoms with Crippen LogP contribution < -0.4 is 9.47 Å². The maximum atomic E-state index is 9.51. The van der Waals surface area contributed by atoms with E-state index in [1.807, 2.05) is 13.0 Å². The maximum Gasteiger partial charge on any atom is 0.125 e. The number of aliphatic hydroxyl groups excluding tert-OH is 1. The number of aryl methyl sites for hydroxylation is 1. The molecule has 1 atom stereocenters. The van der Waals surface area contributed by atoms with Crippen LogP contribution in [0.4, 0.5) is 0 Å². The summed E-state index contributed by atoms with van der Waals surface area (Å²) < 4.78 is 10.3. The third-order valence-electron chi connectivity index (χ3n) is 2.20. The SMILES string of the molecule is COc1cc([C@H](C)O)c(OC)cc1C. The average Bonchev–Trinajstić information content (AvgIpc) is 2.16. The number of hydrogen-bond donors (Lipinski definition) is 1. The van der Waals surface area contributed by atoms with Crippen molar-refractivity contribution in [3.8, 4) is 11.5 Å². The fourth-order valence-corrected chi connectivity index (χ4v) is 1.40. The van der Waals surface area contributed by atoms with E-state index in [0.717, 1.165) is 16.9 Å². The summed E-state index contributed by atoms with van der Waals surface area (Å²) in [6.45, 7) is 3.64. The summed E-state index contributed by atoms with van der Waals surface area (Å²) in [5, 5.41) is 9.51. The van der Waals surface area contributed by atoms with Gasteiger partial charge in [0.1, 0.15) is 11.5 Å². The lowest BCUT2D eigenvalue weighted by molar-refractivity contribution is 0.193. The van der Waals surface area contributed by atoms with E-state index >= 15 is 0 Å². The molecule has 14 heavy (non-hydrogen) atoms. The van der Waals surface area contributed by atoms with Crippen molar-refractivity contribution < 1.29 is 14.6 Å². The van der Waals surface area contributed by atoms with Gasteiger partial charge in [0, 0.05) is 5.56 Å². The van der Waals surface area contributed by atoms with Gasteiger partial charge in [-0.3, -0.25) is 0 Å². The molecule has 0 aliphatic rings. The first-order chi connectivity index (χ1) is 6.60. The molecule has 0 unspecified atom stereocenters. The number of hydrogen-bond acceptors (Lipinski definition) is 3. The van der Waals surface area contributed by atoms with E-state index in [2.05, 4.69) is 0 Å². The first-order valence-corrected chi connectivity index (χ1v) is 4.50. The molecule has 0 aliphatic carbocycles. The van der Waals surface area contributed by atoms with Crippen molar-refractivity contribution in [2.75, 3.05) is 14.2 Å². The molecule has 0 bridgehead atoms. The summed E-state index contributed by atoms with van der Waals surface area (Å²) in [7, 11) is 3.20. The molecule has 0 heterocycles. The van der Waals surface area contributed by atoms with E-state index in [0.29, 0.717) is 5.75 Å². The van der Waals surface area contributed by atoms with Gasteiger partial charge in [-0.05, 0) is 31.5 Å². The molecule has 1 aromatic carbocycles. The highest BCUT2D eigenvalue weighted by Crippen LogP contribution is 2.31. The van der Waals surface area contributed by atoms with Crippen molar-refractivity contribution in [3.63, 3.8) is 0 Å². The third kappa shape index (κ3) is 1.99. The topological polar surface area (TPSA) is 38.7 Å². The lowest BCUT2D eigenvalue weighted by Crippen LogP contribution is -1.99. The van der Waals surface area contributed by atoms with E-state index in [4.69, 9.17) is 9.47 Å². The van der Waals surface area contributed by atoms with Crippen molar-refractivity contribution in [1.29, 1.82) is 0 Å². The van der Waals surface area contributed by atoms with Crippen LogP contribution in [0.15, 0.2) is 12.1 Å². The summed E-state index contributed by atoms with van der Waals surface area (Å²) in [6, 6.07) is 3.67. The molecule has 0 saturated heterocycles. The molecular weight excluding hydrogens is 180 g/mol. The molecule has 0 fully saturated rings. The molecule has 1 N–H and O–H groups in total. The number of methoxy groups -OCH3 is 2. The highest BCUT2D eigenvalue weighted by molar-refractivity contribution is 5.46. The Hall–Kier alpha value is -1.22. The number of ether oxygens (including phenoxy) is 2. The van der Waals surface area contributed by atoms with Crippen molar-refractivity contribution >= 4 is 0 Å². The Morgan fingerprint density at radius 2 is 1.71 bits per heavy atom. The molecule has 0 aliphatic heterocycles. The predicted octanol–water partition coefficient (Wildman–Crippen LogP) is 2.07. The minimum Gasteiger partial charge on any atom is -0.496 e. The molecule has 0 spiro atoms. The molecule has 1 rings (SSSR count). The highest BCUT2D eigenvalue weighted by Gasteiger charge is 2.12. The van der Waals surface area contributed by atoms with Gasteiger partial charge < -0.3 is 14.6 Å². The van der Waals surface area contributed by atoms with E-state index in [9.17, 15) is 5.11 Å². The van der Waals surface area contributed by atoms with Gasteiger partial charge in [0.15, 0.2) is 0 Å². The standard InChI is InChI=1S/C11H16O3/c1-7-5-11(14-4)9(8(2)12)6-10(7)13-3/h5-6,8,12H,1-4H3/t8-/m0/s1. The lowest BCUT2D eigenvalue weighted by atomic mass is 10.1. The minimum atomic E-state index is -0.556. The summed E-state index contributed by atoms with van der Waals surface area (Å²) >= 11 is 0. The average molecular weight is 196 g/mol. The van der Waals surface area contributed by atoms with Crippen LogP contribution in [0, 0.1) is 6.92 Å². The van der Waals surface area contributed by atoms with Crippen LogP contribution >= 0.6 is 0 Å². The molecule has 3 nitrogen and oxygen atoms in total. The first-order valence-electron chi connectivity index (χ1n) is 4.50. The highest BCUT2D eigenvalue weighted by atomic mass is 16.5. The monoisotopic (exact) mass is 196 g/mol.